The Morgan fingerprint density at radius 3 is 2.43 bits per heavy atom. The molecule has 1 heterocycles. The molecule has 21 heavy (non-hydrogen) atoms. The van der Waals surface area contributed by atoms with E-state index >= 15 is 0 Å². The number of sulfonamides is 1. The zero-order valence-electron chi connectivity index (χ0n) is 11.8. The van der Waals surface area contributed by atoms with Gasteiger partial charge in [0.25, 0.3) is 15.0 Å². The summed E-state index contributed by atoms with van der Waals surface area (Å²) in [5.74, 6) is 0.456. The summed E-state index contributed by atoms with van der Waals surface area (Å²) < 4.78 is 29.3. The molecule has 2 aromatic rings. The molecule has 0 saturated heterocycles. The Balaban J connectivity index is 2.49. The summed E-state index contributed by atoms with van der Waals surface area (Å²) in [5, 5.41) is 12.1. The molecule has 1 aromatic carbocycles. The van der Waals surface area contributed by atoms with Gasteiger partial charge in [0.05, 0.1) is 4.90 Å². The smallest absolute Gasteiger partial charge is 0.288 e. The van der Waals surface area contributed by atoms with Gasteiger partial charge in [-0.3, -0.25) is 0 Å². The molecule has 0 fully saturated rings. The molecule has 0 N–H and O–H groups in total. The van der Waals surface area contributed by atoms with Crippen molar-refractivity contribution in [2.45, 2.75) is 23.8 Å². The molecule has 1 aromatic heterocycles. The minimum absolute atomic E-state index is 0.146. The van der Waals surface area contributed by atoms with Gasteiger partial charge in [0, 0.05) is 28.6 Å². The molecule has 5 nitrogen and oxygen atoms in total. The summed E-state index contributed by atoms with van der Waals surface area (Å²) in [5.41, 5.74) is 0.976. The van der Waals surface area contributed by atoms with Crippen LogP contribution >= 0.6 is 0 Å². The summed E-state index contributed by atoms with van der Waals surface area (Å²) in [6, 6.07) is 11.4. The van der Waals surface area contributed by atoms with E-state index in [0.717, 1.165) is 5.56 Å². The fourth-order valence-electron chi connectivity index (χ4n) is 1.71. The van der Waals surface area contributed by atoms with Crippen molar-refractivity contribution in [2.24, 2.45) is 3.77 Å². The Morgan fingerprint density at radius 2 is 1.86 bits per heavy atom. The summed E-state index contributed by atoms with van der Waals surface area (Å²) in [4.78, 5) is 0.146. The fourth-order valence-corrected chi connectivity index (χ4v) is 5.00. The first-order chi connectivity index (χ1) is 9.94. The van der Waals surface area contributed by atoms with Crippen LogP contribution in [0.25, 0.3) is 0 Å². The van der Waals surface area contributed by atoms with E-state index in [2.05, 4.69) is 3.77 Å². The number of hydrogen-bond acceptors (Lipinski definition) is 3. The lowest BCUT2D eigenvalue weighted by Crippen LogP contribution is -2.31. The zero-order chi connectivity index (χ0) is 15.5. The van der Waals surface area contributed by atoms with Gasteiger partial charge in [-0.15, -0.1) is 3.77 Å². The van der Waals surface area contributed by atoms with Gasteiger partial charge >= 0.3 is 0 Å². The van der Waals surface area contributed by atoms with E-state index in [9.17, 15) is 13.6 Å². The number of rotatable bonds is 4. The molecule has 0 aliphatic carbocycles. The Morgan fingerprint density at radius 1 is 1.19 bits per heavy atom. The highest BCUT2D eigenvalue weighted by molar-refractivity contribution is 8.00. The van der Waals surface area contributed by atoms with Crippen LogP contribution in [0, 0.1) is 12.1 Å². The van der Waals surface area contributed by atoms with Gasteiger partial charge in [-0.2, -0.15) is 13.1 Å². The molecule has 0 bridgehead atoms. The highest BCUT2D eigenvalue weighted by Gasteiger charge is 2.17. The van der Waals surface area contributed by atoms with E-state index in [1.807, 2.05) is 13.8 Å². The quantitative estimate of drug-likeness (QED) is 0.639. The van der Waals surface area contributed by atoms with Crippen LogP contribution in [0.3, 0.4) is 0 Å². The maximum absolute atomic E-state index is 12.3. The summed E-state index contributed by atoms with van der Waals surface area (Å²) in [6.45, 7) is 3.69. The van der Waals surface area contributed by atoms with Gasteiger partial charge in [-0.1, -0.05) is 24.6 Å². The van der Waals surface area contributed by atoms with Crippen molar-refractivity contribution < 1.29 is 13.1 Å². The molecule has 0 radical (unpaired) electrons. The molecule has 0 aliphatic heterocycles. The summed E-state index contributed by atoms with van der Waals surface area (Å²) in [6.07, 6.45) is 1.35. The second-order valence-electron chi connectivity index (χ2n) is 4.38. The minimum atomic E-state index is -3.77. The van der Waals surface area contributed by atoms with Gasteiger partial charge in [-0.05, 0) is 25.1 Å². The van der Waals surface area contributed by atoms with E-state index < -0.39 is 20.7 Å². The summed E-state index contributed by atoms with van der Waals surface area (Å²) >= 11 is 0. The lowest BCUT2D eigenvalue weighted by Gasteiger charge is -2.07. The van der Waals surface area contributed by atoms with Crippen molar-refractivity contribution in [3.8, 4) is 0 Å². The molecule has 7 heteroatoms. The molecule has 112 valence electrons. The molecule has 2 rings (SSSR count). The molecular weight excluding hydrogens is 308 g/mol. The van der Waals surface area contributed by atoms with Crippen molar-refractivity contribution in [1.82, 2.24) is 0 Å². The van der Waals surface area contributed by atoms with Crippen LogP contribution in [0.2, 0.25) is 0 Å². The van der Waals surface area contributed by atoms with Crippen molar-refractivity contribution in [2.75, 3.05) is 5.75 Å². The van der Waals surface area contributed by atoms with Crippen molar-refractivity contribution >= 4 is 20.7 Å². The zero-order valence-corrected chi connectivity index (χ0v) is 13.4. The normalized spacial score (nSPS) is 13.2. The van der Waals surface area contributed by atoms with Crippen LogP contribution in [0.15, 0.2) is 62.4 Å². The first kappa shape index (κ1) is 15.7. The summed E-state index contributed by atoms with van der Waals surface area (Å²) in [7, 11) is -4.76. The minimum Gasteiger partial charge on any atom is -0.618 e. The number of pyridine rings is 1. The number of benzene rings is 1. The van der Waals surface area contributed by atoms with Gasteiger partial charge in [0.1, 0.15) is 0 Å². The van der Waals surface area contributed by atoms with Crippen LogP contribution in [0.1, 0.15) is 12.5 Å². The number of nitrogens with zero attached hydrogens (tertiary/aromatic N) is 2. The Labute approximate surface area is 127 Å². The van der Waals surface area contributed by atoms with Crippen LogP contribution in [0.4, 0.5) is 0 Å². The maximum Gasteiger partial charge on any atom is 0.288 e. The van der Waals surface area contributed by atoms with Gasteiger partial charge in [-0.25, -0.2) is 0 Å². The predicted octanol–water partition coefficient (Wildman–Crippen LogP) is 2.20. The van der Waals surface area contributed by atoms with E-state index in [-0.39, 0.29) is 4.90 Å². The SMILES string of the molecule is CCS(=NS(=O)(=O)c1ccc(C)cc1)c1cccc[n+]1[O-]. The van der Waals surface area contributed by atoms with E-state index in [1.165, 1.54) is 18.3 Å². The molecule has 0 saturated carbocycles. The maximum atomic E-state index is 12.3. The Bertz CT molecular complexity index is 769. The second kappa shape index (κ2) is 6.36. The van der Waals surface area contributed by atoms with E-state index in [0.29, 0.717) is 15.5 Å². The lowest BCUT2D eigenvalue weighted by molar-refractivity contribution is -0.645. The molecule has 1 atom stereocenters. The second-order valence-corrected chi connectivity index (χ2v) is 8.12. The largest absolute Gasteiger partial charge is 0.618 e. The Hall–Kier alpha value is -1.73. The van der Waals surface area contributed by atoms with E-state index in [4.69, 9.17) is 0 Å². The molecule has 0 amide bonds. The number of hydrogen-bond donors (Lipinski definition) is 0. The average molecular weight is 324 g/mol. The topological polar surface area (TPSA) is 73.4 Å². The monoisotopic (exact) mass is 324 g/mol. The molecular formula is C14H16N2O3S2. The number of aromatic nitrogens is 1. The highest BCUT2D eigenvalue weighted by atomic mass is 32.3. The first-order valence-corrected chi connectivity index (χ1v) is 9.17. The lowest BCUT2D eigenvalue weighted by atomic mass is 10.2. The standard InChI is InChI=1S/C14H16N2O3S2/c1-3-20(14-6-4-5-11-16(14)17)15-21(18,19)13-9-7-12(2)8-10-13/h4-11H,3H2,1-2H3. The predicted molar refractivity (Wildman–Crippen MR) is 82.4 cm³/mol. The third kappa shape index (κ3) is 3.68. The fraction of sp³-hybridized carbons (Fsp3) is 0.214. The van der Waals surface area contributed by atoms with E-state index in [1.54, 1.807) is 30.3 Å². The third-order valence-corrected chi connectivity index (χ3v) is 6.53. The van der Waals surface area contributed by atoms with Gasteiger partial charge in [0.15, 0.2) is 6.20 Å². The number of aryl methyl sites for hydroxylation is 1. The van der Waals surface area contributed by atoms with Crippen LogP contribution in [-0.4, -0.2) is 14.2 Å². The molecule has 1 unspecified atom stereocenters. The Kier molecular flexibility index (Phi) is 4.74. The van der Waals surface area contributed by atoms with Crippen molar-refractivity contribution in [1.29, 1.82) is 0 Å². The first-order valence-electron chi connectivity index (χ1n) is 6.38. The van der Waals surface area contributed by atoms with Gasteiger partial charge < -0.3 is 5.21 Å². The average Bonchev–Trinajstić information content (AvgIpc) is 2.46. The highest BCUT2D eigenvalue weighted by Crippen LogP contribution is 2.16. The van der Waals surface area contributed by atoms with Crippen molar-refractivity contribution in [3.63, 3.8) is 0 Å². The van der Waals surface area contributed by atoms with Crippen molar-refractivity contribution in [3.05, 3.63) is 59.4 Å². The van der Waals surface area contributed by atoms with Crippen LogP contribution < -0.4 is 4.73 Å². The molecule has 0 aliphatic rings. The van der Waals surface area contributed by atoms with Gasteiger partial charge in [0.2, 0.25) is 0 Å². The third-order valence-electron chi connectivity index (χ3n) is 2.81. The van der Waals surface area contributed by atoms with Crippen LogP contribution in [-0.2, 0) is 20.7 Å². The molecule has 0 spiro atoms. The van der Waals surface area contributed by atoms with Crippen LogP contribution in [0.5, 0.6) is 0 Å².